The normalized spacial score (nSPS) is 10.5. The van der Waals surface area contributed by atoms with Gasteiger partial charge in [-0.15, -0.1) is 0 Å². The van der Waals surface area contributed by atoms with Crippen LogP contribution < -0.4 is 10.1 Å². The number of aromatic nitrogens is 2. The van der Waals surface area contributed by atoms with Crippen LogP contribution in [0.1, 0.15) is 21.6 Å². The van der Waals surface area contributed by atoms with E-state index in [-0.39, 0.29) is 17.6 Å². The van der Waals surface area contributed by atoms with Gasteiger partial charge in [-0.25, -0.2) is 4.98 Å². The third kappa shape index (κ3) is 4.53. The zero-order valence-corrected chi connectivity index (χ0v) is 14.6. The molecule has 2 heterocycles. The number of ether oxygens (including phenoxy) is 1. The largest absolute Gasteiger partial charge is 0.473 e. The molecule has 1 aromatic carbocycles. The maximum Gasteiger partial charge on any atom is 0.268 e. The summed E-state index contributed by atoms with van der Waals surface area (Å²) in [5.74, 6) is 0.167. The standard InChI is InChI=1S/C18H15Cl2N3O2/c19-14-9-15(23-16(14)20)17(24)22-10-13-7-4-8-21-18(13)25-11-12-5-2-1-3-6-12/h1-9,23H,10-11H2,(H,22,24). The van der Waals surface area contributed by atoms with E-state index in [0.29, 0.717) is 23.2 Å². The Morgan fingerprint density at radius 2 is 1.96 bits per heavy atom. The number of halogens is 2. The smallest absolute Gasteiger partial charge is 0.268 e. The zero-order chi connectivity index (χ0) is 17.6. The number of nitrogens with zero attached hydrogens (tertiary/aromatic N) is 1. The second-order valence-electron chi connectivity index (χ2n) is 5.27. The van der Waals surface area contributed by atoms with Crippen LogP contribution in [0.4, 0.5) is 0 Å². The summed E-state index contributed by atoms with van der Waals surface area (Å²) >= 11 is 11.7. The van der Waals surface area contributed by atoms with E-state index in [2.05, 4.69) is 15.3 Å². The first-order valence-electron chi connectivity index (χ1n) is 7.56. The molecule has 3 aromatic rings. The fourth-order valence-corrected chi connectivity index (χ4v) is 2.52. The van der Waals surface area contributed by atoms with Crippen molar-refractivity contribution in [3.05, 3.63) is 81.7 Å². The summed E-state index contributed by atoms with van der Waals surface area (Å²) < 4.78 is 5.77. The first kappa shape index (κ1) is 17.3. The van der Waals surface area contributed by atoms with Gasteiger partial charge in [0, 0.05) is 18.3 Å². The summed E-state index contributed by atoms with van der Waals surface area (Å²) in [6, 6.07) is 14.9. The molecule has 0 unspecified atom stereocenters. The summed E-state index contributed by atoms with van der Waals surface area (Å²) in [6.07, 6.45) is 1.65. The number of carbonyl (C=O) groups is 1. The molecule has 0 fully saturated rings. The van der Waals surface area contributed by atoms with Crippen molar-refractivity contribution in [2.45, 2.75) is 13.2 Å². The number of rotatable bonds is 6. The van der Waals surface area contributed by atoms with Gasteiger partial charge < -0.3 is 15.0 Å². The molecule has 0 aliphatic carbocycles. The first-order valence-corrected chi connectivity index (χ1v) is 8.32. The Hall–Kier alpha value is -2.50. The average Bonchev–Trinajstić information content (AvgIpc) is 2.98. The molecule has 0 radical (unpaired) electrons. The fraction of sp³-hybridized carbons (Fsp3) is 0.111. The Kier molecular flexibility index (Phi) is 5.58. The van der Waals surface area contributed by atoms with Crippen molar-refractivity contribution in [1.29, 1.82) is 0 Å². The molecule has 7 heteroatoms. The highest BCUT2D eigenvalue weighted by Crippen LogP contribution is 2.22. The summed E-state index contributed by atoms with van der Waals surface area (Å²) in [6.45, 7) is 0.672. The predicted molar refractivity (Wildman–Crippen MR) is 97.0 cm³/mol. The number of aromatic amines is 1. The van der Waals surface area contributed by atoms with Gasteiger partial charge in [0.05, 0.1) is 5.02 Å². The molecule has 5 nitrogen and oxygen atoms in total. The summed E-state index contributed by atoms with van der Waals surface area (Å²) in [5, 5.41) is 3.33. The fourth-order valence-electron chi connectivity index (χ4n) is 2.21. The molecule has 128 valence electrons. The lowest BCUT2D eigenvalue weighted by Crippen LogP contribution is -2.23. The van der Waals surface area contributed by atoms with E-state index >= 15 is 0 Å². The van der Waals surface area contributed by atoms with E-state index in [0.717, 1.165) is 11.1 Å². The number of hydrogen-bond donors (Lipinski definition) is 2. The molecule has 25 heavy (non-hydrogen) atoms. The number of hydrogen-bond acceptors (Lipinski definition) is 3. The van der Waals surface area contributed by atoms with Crippen molar-refractivity contribution >= 4 is 29.1 Å². The van der Waals surface area contributed by atoms with Crippen molar-refractivity contribution in [3.8, 4) is 5.88 Å². The van der Waals surface area contributed by atoms with Crippen LogP contribution in [0, 0.1) is 0 Å². The van der Waals surface area contributed by atoms with Crippen molar-refractivity contribution in [2.24, 2.45) is 0 Å². The number of nitrogens with one attached hydrogen (secondary N) is 2. The summed E-state index contributed by atoms with van der Waals surface area (Å²) in [4.78, 5) is 19.1. The lowest BCUT2D eigenvalue weighted by Gasteiger charge is -2.11. The van der Waals surface area contributed by atoms with E-state index in [1.165, 1.54) is 6.07 Å². The molecule has 1 amide bonds. The van der Waals surface area contributed by atoms with Crippen molar-refractivity contribution in [1.82, 2.24) is 15.3 Å². The highest BCUT2D eigenvalue weighted by molar-refractivity contribution is 6.41. The minimum absolute atomic E-state index is 0.236. The van der Waals surface area contributed by atoms with Gasteiger partial charge in [-0.05, 0) is 17.7 Å². The van der Waals surface area contributed by atoms with Crippen molar-refractivity contribution in [3.63, 3.8) is 0 Å². The minimum atomic E-state index is -0.313. The third-order valence-corrected chi connectivity index (χ3v) is 4.17. The lowest BCUT2D eigenvalue weighted by atomic mass is 10.2. The molecule has 3 rings (SSSR count). The van der Waals surface area contributed by atoms with Crippen LogP contribution in [0.5, 0.6) is 5.88 Å². The van der Waals surface area contributed by atoms with Gasteiger partial charge >= 0.3 is 0 Å². The number of benzene rings is 1. The Bertz CT molecular complexity index is 846. The van der Waals surface area contributed by atoms with Gasteiger partial charge in [0.2, 0.25) is 5.88 Å². The molecule has 0 atom stereocenters. The highest BCUT2D eigenvalue weighted by Gasteiger charge is 2.13. The number of carbonyl (C=O) groups excluding carboxylic acids is 1. The molecule has 2 N–H and O–H groups in total. The van der Waals surface area contributed by atoms with E-state index in [1.54, 1.807) is 12.3 Å². The Balaban J connectivity index is 1.63. The SMILES string of the molecule is O=C(NCc1cccnc1OCc1ccccc1)c1cc(Cl)c(Cl)[nH]1. The van der Waals surface area contributed by atoms with E-state index < -0.39 is 0 Å². The van der Waals surface area contributed by atoms with E-state index in [1.807, 2.05) is 36.4 Å². The Morgan fingerprint density at radius 3 is 2.68 bits per heavy atom. The van der Waals surface area contributed by atoms with Gasteiger partial charge in [-0.1, -0.05) is 59.6 Å². The topological polar surface area (TPSA) is 67.0 Å². The first-order chi connectivity index (χ1) is 12.1. The molecule has 2 aromatic heterocycles. The second kappa shape index (κ2) is 8.05. The van der Waals surface area contributed by atoms with Crippen molar-refractivity contribution in [2.75, 3.05) is 0 Å². The van der Waals surface area contributed by atoms with Gasteiger partial charge in [0.1, 0.15) is 17.5 Å². The van der Waals surface area contributed by atoms with Gasteiger partial charge in [-0.2, -0.15) is 0 Å². The van der Waals surface area contributed by atoms with Gasteiger partial charge in [0.25, 0.3) is 5.91 Å². The molecular weight excluding hydrogens is 361 g/mol. The molecule has 0 spiro atoms. The van der Waals surface area contributed by atoms with Gasteiger partial charge in [-0.3, -0.25) is 4.79 Å². The average molecular weight is 376 g/mol. The zero-order valence-electron chi connectivity index (χ0n) is 13.1. The maximum absolute atomic E-state index is 12.2. The quantitative estimate of drug-likeness (QED) is 0.677. The van der Waals surface area contributed by atoms with Crippen LogP contribution in [0.15, 0.2) is 54.7 Å². The van der Waals surface area contributed by atoms with Crippen LogP contribution in [0.25, 0.3) is 0 Å². The third-order valence-electron chi connectivity index (χ3n) is 3.48. The molecule has 0 aliphatic rings. The van der Waals surface area contributed by atoms with Crippen LogP contribution in [0.2, 0.25) is 10.2 Å². The Morgan fingerprint density at radius 1 is 1.16 bits per heavy atom. The Labute approximate surface area is 155 Å². The number of pyridine rings is 1. The van der Waals surface area contributed by atoms with Crippen LogP contribution in [0.3, 0.4) is 0 Å². The molecule has 0 saturated heterocycles. The van der Waals surface area contributed by atoms with E-state index in [4.69, 9.17) is 27.9 Å². The van der Waals surface area contributed by atoms with Crippen molar-refractivity contribution < 1.29 is 9.53 Å². The highest BCUT2D eigenvalue weighted by atomic mass is 35.5. The molecule has 0 saturated carbocycles. The maximum atomic E-state index is 12.2. The second-order valence-corrected chi connectivity index (χ2v) is 6.05. The van der Waals surface area contributed by atoms with Crippen LogP contribution in [-0.4, -0.2) is 15.9 Å². The number of H-pyrrole nitrogens is 1. The number of amides is 1. The minimum Gasteiger partial charge on any atom is -0.473 e. The van der Waals surface area contributed by atoms with E-state index in [9.17, 15) is 4.79 Å². The lowest BCUT2D eigenvalue weighted by molar-refractivity contribution is 0.0946. The molecular formula is C18H15Cl2N3O2. The summed E-state index contributed by atoms with van der Waals surface area (Å²) in [5.41, 5.74) is 2.11. The van der Waals surface area contributed by atoms with Gasteiger partial charge in [0.15, 0.2) is 0 Å². The van der Waals surface area contributed by atoms with Crippen LogP contribution >= 0.6 is 23.2 Å². The predicted octanol–water partition coefficient (Wildman–Crippen LogP) is 4.23. The molecule has 0 aliphatic heterocycles. The summed E-state index contributed by atoms with van der Waals surface area (Å²) in [7, 11) is 0. The van der Waals surface area contributed by atoms with Crippen LogP contribution in [-0.2, 0) is 13.2 Å². The molecule has 0 bridgehead atoms. The monoisotopic (exact) mass is 375 g/mol.